The summed E-state index contributed by atoms with van der Waals surface area (Å²) in [5, 5.41) is 0.775. The van der Waals surface area contributed by atoms with E-state index in [1.165, 1.54) is 0 Å². The zero-order chi connectivity index (χ0) is 19.8. The smallest absolute Gasteiger partial charge is 0.166 e. The number of nitrogen functional groups attached to an aromatic ring is 1. The molecule has 0 amide bonds. The van der Waals surface area contributed by atoms with Crippen molar-refractivity contribution < 1.29 is 0 Å². The Kier molecular flexibility index (Phi) is 4.73. The highest BCUT2D eigenvalue weighted by atomic mass is 79.9. The van der Waals surface area contributed by atoms with Gasteiger partial charge in [-0.25, -0.2) is 15.0 Å². The molecular formula is C22H20BrN5. The van der Waals surface area contributed by atoms with E-state index in [9.17, 15) is 0 Å². The molecule has 0 saturated carbocycles. The Labute approximate surface area is 172 Å². The second kappa shape index (κ2) is 7.20. The first-order valence-corrected chi connectivity index (χ1v) is 9.70. The minimum Gasteiger partial charge on any atom is -0.383 e. The molecule has 2 N–H and O–H groups in total. The SMILES string of the molecule is Cc1nc(N)c2c(-c3cccc(Br)c3)cc(-c3ccc(N(C)C)cc3)nc2n1. The summed E-state index contributed by atoms with van der Waals surface area (Å²) in [7, 11) is 4.05. The molecule has 2 aromatic carbocycles. The fraction of sp³-hybridized carbons (Fsp3) is 0.136. The van der Waals surface area contributed by atoms with E-state index in [2.05, 4.69) is 73.3 Å². The molecule has 0 aliphatic rings. The van der Waals surface area contributed by atoms with E-state index in [1.807, 2.05) is 33.2 Å². The van der Waals surface area contributed by atoms with Crippen molar-refractivity contribution >= 4 is 38.5 Å². The van der Waals surface area contributed by atoms with Gasteiger partial charge in [0.15, 0.2) is 5.65 Å². The highest BCUT2D eigenvalue weighted by Crippen LogP contribution is 2.35. The van der Waals surface area contributed by atoms with E-state index < -0.39 is 0 Å². The quantitative estimate of drug-likeness (QED) is 0.487. The molecule has 0 fully saturated rings. The van der Waals surface area contributed by atoms with Crippen molar-refractivity contribution in [2.75, 3.05) is 24.7 Å². The monoisotopic (exact) mass is 433 g/mol. The van der Waals surface area contributed by atoms with Crippen molar-refractivity contribution in [1.82, 2.24) is 15.0 Å². The molecule has 4 aromatic rings. The second-order valence-corrected chi connectivity index (χ2v) is 7.78. The Morgan fingerprint density at radius 1 is 0.893 bits per heavy atom. The number of fused-ring (bicyclic) bond motifs is 1. The lowest BCUT2D eigenvalue weighted by Crippen LogP contribution is -2.08. The summed E-state index contributed by atoms with van der Waals surface area (Å²) in [5.41, 5.74) is 11.9. The molecule has 0 bridgehead atoms. The molecule has 0 saturated heterocycles. The summed E-state index contributed by atoms with van der Waals surface area (Å²) < 4.78 is 0.999. The van der Waals surface area contributed by atoms with Gasteiger partial charge in [-0.3, -0.25) is 0 Å². The van der Waals surface area contributed by atoms with E-state index in [4.69, 9.17) is 10.7 Å². The fourth-order valence-electron chi connectivity index (χ4n) is 3.24. The van der Waals surface area contributed by atoms with E-state index in [1.54, 1.807) is 0 Å². The first kappa shape index (κ1) is 18.4. The minimum atomic E-state index is 0.444. The van der Waals surface area contributed by atoms with Crippen LogP contribution in [0.1, 0.15) is 5.82 Å². The lowest BCUT2D eigenvalue weighted by Gasteiger charge is -2.14. The van der Waals surface area contributed by atoms with Crippen molar-refractivity contribution in [3.8, 4) is 22.4 Å². The highest BCUT2D eigenvalue weighted by molar-refractivity contribution is 9.10. The van der Waals surface area contributed by atoms with E-state index in [0.717, 1.165) is 37.9 Å². The van der Waals surface area contributed by atoms with Gasteiger partial charge in [-0.1, -0.05) is 40.2 Å². The van der Waals surface area contributed by atoms with Crippen LogP contribution in [0.2, 0.25) is 0 Å². The van der Waals surface area contributed by atoms with Crippen molar-refractivity contribution in [1.29, 1.82) is 0 Å². The first-order valence-electron chi connectivity index (χ1n) is 8.91. The maximum atomic E-state index is 6.27. The van der Waals surface area contributed by atoms with Crippen LogP contribution >= 0.6 is 15.9 Å². The van der Waals surface area contributed by atoms with Gasteiger partial charge in [-0.15, -0.1) is 0 Å². The number of halogens is 1. The molecular weight excluding hydrogens is 414 g/mol. The molecule has 0 atom stereocenters. The van der Waals surface area contributed by atoms with E-state index >= 15 is 0 Å². The third kappa shape index (κ3) is 3.43. The van der Waals surface area contributed by atoms with Crippen molar-refractivity contribution in [3.63, 3.8) is 0 Å². The Morgan fingerprint density at radius 2 is 1.64 bits per heavy atom. The molecule has 0 radical (unpaired) electrons. The predicted molar refractivity (Wildman–Crippen MR) is 119 cm³/mol. The maximum absolute atomic E-state index is 6.27. The van der Waals surface area contributed by atoms with Gasteiger partial charge in [-0.05, 0) is 48.4 Å². The largest absolute Gasteiger partial charge is 0.383 e. The number of nitrogens with zero attached hydrogens (tertiary/aromatic N) is 4. The van der Waals surface area contributed by atoms with Crippen LogP contribution in [-0.2, 0) is 0 Å². The Morgan fingerprint density at radius 3 is 2.32 bits per heavy atom. The van der Waals surface area contributed by atoms with Crippen molar-refractivity contribution in [2.24, 2.45) is 0 Å². The Bertz CT molecular complexity index is 1170. The van der Waals surface area contributed by atoms with Gasteiger partial charge >= 0.3 is 0 Å². The van der Waals surface area contributed by atoms with E-state index in [-0.39, 0.29) is 0 Å². The average Bonchev–Trinajstić information content (AvgIpc) is 2.67. The summed E-state index contributed by atoms with van der Waals surface area (Å²) >= 11 is 3.56. The van der Waals surface area contributed by atoms with Crippen LogP contribution < -0.4 is 10.6 Å². The van der Waals surface area contributed by atoms with Crippen LogP contribution in [0.5, 0.6) is 0 Å². The molecule has 5 nitrogen and oxygen atoms in total. The van der Waals surface area contributed by atoms with Gasteiger partial charge in [0.05, 0.1) is 11.1 Å². The number of aromatic nitrogens is 3. The molecule has 2 aromatic heterocycles. The standard InChI is InChI=1S/C22H20BrN5/c1-13-25-21(24)20-18(15-5-4-6-16(23)11-15)12-19(27-22(20)26-13)14-7-9-17(10-8-14)28(2)3/h4-12H,1-3H3,(H2,24,25,26,27). The molecule has 0 aliphatic carbocycles. The second-order valence-electron chi connectivity index (χ2n) is 6.86. The van der Waals surface area contributed by atoms with Gasteiger partial charge in [0, 0.05) is 29.8 Å². The summed E-state index contributed by atoms with van der Waals surface area (Å²) in [6.45, 7) is 1.83. The summed E-state index contributed by atoms with van der Waals surface area (Å²) in [4.78, 5) is 15.8. The van der Waals surface area contributed by atoms with Crippen molar-refractivity contribution in [2.45, 2.75) is 6.92 Å². The van der Waals surface area contributed by atoms with Crippen LogP contribution in [0.3, 0.4) is 0 Å². The molecule has 4 rings (SSSR count). The molecule has 28 heavy (non-hydrogen) atoms. The fourth-order valence-corrected chi connectivity index (χ4v) is 3.63. The summed E-state index contributed by atoms with van der Waals surface area (Å²) in [5.74, 6) is 1.05. The summed E-state index contributed by atoms with van der Waals surface area (Å²) in [6, 6.07) is 18.5. The van der Waals surface area contributed by atoms with Crippen LogP contribution in [-0.4, -0.2) is 29.0 Å². The van der Waals surface area contributed by atoms with Gasteiger partial charge in [0.1, 0.15) is 11.6 Å². The highest BCUT2D eigenvalue weighted by Gasteiger charge is 2.15. The van der Waals surface area contributed by atoms with Crippen LogP contribution in [0.4, 0.5) is 11.5 Å². The normalized spacial score (nSPS) is 11.0. The molecule has 140 valence electrons. The number of anilines is 2. The Hall–Kier alpha value is -2.99. The predicted octanol–water partition coefficient (Wildman–Crippen LogP) is 5.08. The minimum absolute atomic E-state index is 0.444. The number of hydrogen-bond donors (Lipinski definition) is 1. The van der Waals surface area contributed by atoms with Gasteiger partial charge in [-0.2, -0.15) is 0 Å². The molecule has 6 heteroatoms. The zero-order valence-corrected chi connectivity index (χ0v) is 17.5. The molecule has 0 unspecified atom stereocenters. The third-order valence-electron chi connectivity index (χ3n) is 4.62. The molecule has 0 aliphatic heterocycles. The zero-order valence-electron chi connectivity index (χ0n) is 15.9. The van der Waals surface area contributed by atoms with Gasteiger partial charge in [0.2, 0.25) is 0 Å². The van der Waals surface area contributed by atoms with E-state index in [0.29, 0.717) is 17.3 Å². The van der Waals surface area contributed by atoms with Crippen LogP contribution in [0.25, 0.3) is 33.4 Å². The summed E-state index contributed by atoms with van der Waals surface area (Å²) in [6.07, 6.45) is 0. The topological polar surface area (TPSA) is 67.9 Å². The number of rotatable bonds is 3. The van der Waals surface area contributed by atoms with Gasteiger partial charge < -0.3 is 10.6 Å². The number of benzene rings is 2. The first-order chi connectivity index (χ1) is 13.4. The van der Waals surface area contributed by atoms with Crippen LogP contribution in [0.15, 0.2) is 59.1 Å². The van der Waals surface area contributed by atoms with Crippen LogP contribution in [0, 0.1) is 6.92 Å². The number of pyridine rings is 1. The van der Waals surface area contributed by atoms with Crippen molar-refractivity contribution in [3.05, 3.63) is 64.9 Å². The average molecular weight is 434 g/mol. The maximum Gasteiger partial charge on any atom is 0.166 e. The Balaban J connectivity index is 1.98. The molecule has 2 heterocycles. The lowest BCUT2D eigenvalue weighted by atomic mass is 9.99. The number of hydrogen-bond acceptors (Lipinski definition) is 5. The third-order valence-corrected chi connectivity index (χ3v) is 5.11. The number of aryl methyl sites for hydroxylation is 1. The molecule has 0 spiro atoms. The van der Waals surface area contributed by atoms with Gasteiger partial charge in [0.25, 0.3) is 0 Å². The number of nitrogens with two attached hydrogens (primary N) is 1. The lowest BCUT2D eigenvalue weighted by molar-refractivity contribution is 1.08.